The number of hydrogen-bond donors (Lipinski definition) is 1. The first-order valence-electron chi connectivity index (χ1n) is 7.25. The van der Waals surface area contributed by atoms with Gasteiger partial charge in [-0.1, -0.05) is 42.5 Å². The smallest absolute Gasteiger partial charge is 0.0451 e. The van der Waals surface area contributed by atoms with Crippen molar-refractivity contribution >= 4 is 11.8 Å². The number of likely N-dealkylation sites (N-methyl/N-ethyl adjacent to an activating group) is 1. The molecule has 0 radical (unpaired) electrons. The molecule has 112 valence electrons. The molecular formula is C18H24N2S. The lowest BCUT2D eigenvalue weighted by molar-refractivity contribution is 0.340. The summed E-state index contributed by atoms with van der Waals surface area (Å²) in [6.07, 6.45) is 2.11. The third-order valence-electron chi connectivity index (χ3n) is 3.46. The summed E-state index contributed by atoms with van der Waals surface area (Å²) < 4.78 is 0. The van der Waals surface area contributed by atoms with Crippen molar-refractivity contribution in [2.45, 2.75) is 17.5 Å². The molecule has 2 rings (SSSR count). The van der Waals surface area contributed by atoms with Crippen LogP contribution in [0.4, 0.5) is 0 Å². The van der Waals surface area contributed by atoms with Crippen LogP contribution in [0.15, 0.2) is 59.5 Å². The van der Waals surface area contributed by atoms with Crippen molar-refractivity contribution in [1.82, 2.24) is 10.2 Å². The van der Waals surface area contributed by atoms with Gasteiger partial charge >= 0.3 is 0 Å². The summed E-state index contributed by atoms with van der Waals surface area (Å²) >= 11 is 1.78. The third kappa shape index (κ3) is 5.20. The Morgan fingerprint density at radius 1 is 1.00 bits per heavy atom. The summed E-state index contributed by atoms with van der Waals surface area (Å²) in [4.78, 5) is 3.54. The summed E-state index contributed by atoms with van der Waals surface area (Å²) in [5.74, 6) is 0. The van der Waals surface area contributed by atoms with E-state index in [0.717, 1.165) is 13.1 Å². The molecule has 0 amide bonds. The lowest BCUT2D eigenvalue weighted by Crippen LogP contribution is -2.30. The van der Waals surface area contributed by atoms with Crippen molar-refractivity contribution in [3.63, 3.8) is 0 Å². The summed E-state index contributed by atoms with van der Waals surface area (Å²) in [6, 6.07) is 19.8. The predicted octanol–water partition coefficient (Wildman–Crippen LogP) is 3.80. The number of nitrogens with one attached hydrogen (secondary N) is 1. The van der Waals surface area contributed by atoms with Gasteiger partial charge in [0, 0.05) is 24.0 Å². The zero-order valence-corrected chi connectivity index (χ0v) is 13.9. The normalized spacial score (nSPS) is 12.6. The molecule has 2 aromatic carbocycles. The number of thioether (sulfide) groups is 1. The van der Waals surface area contributed by atoms with E-state index in [0.29, 0.717) is 6.04 Å². The molecule has 0 aliphatic rings. The van der Waals surface area contributed by atoms with Crippen LogP contribution in [0.3, 0.4) is 0 Å². The van der Waals surface area contributed by atoms with Crippen molar-refractivity contribution in [3.05, 3.63) is 65.7 Å². The van der Waals surface area contributed by atoms with Gasteiger partial charge in [0.05, 0.1) is 0 Å². The van der Waals surface area contributed by atoms with Crippen molar-refractivity contribution in [2.75, 3.05) is 26.9 Å². The predicted molar refractivity (Wildman–Crippen MR) is 92.8 cm³/mol. The highest BCUT2D eigenvalue weighted by molar-refractivity contribution is 7.98. The number of hydrogen-bond acceptors (Lipinski definition) is 3. The molecule has 1 N–H and O–H groups in total. The fraction of sp³-hybridized carbons (Fsp3) is 0.333. The van der Waals surface area contributed by atoms with Gasteiger partial charge < -0.3 is 10.2 Å². The van der Waals surface area contributed by atoms with Gasteiger partial charge in [0.25, 0.3) is 0 Å². The van der Waals surface area contributed by atoms with E-state index in [9.17, 15) is 0 Å². The van der Waals surface area contributed by atoms with Gasteiger partial charge in [-0.2, -0.15) is 0 Å². The third-order valence-corrected chi connectivity index (χ3v) is 4.20. The monoisotopic (exact) mass is 300 g/mol. The quantitative estimate of drug-likeness (QED) is 0.783. The van der Waals surface area contributed by atoms with E-state index < -0.39 is 0 Å². The van der Waals surface area contributed by atoms with E-state index in [1.54, 1.807) is 11.8 Å². The first kappa shape index (κ1) is 16.1. The Morgan fingerprint density at radius 3 is 2.24 bits per heavy atom. The molecule has 0 aromatic heterocycles. The number of rotatable bonds is 7. The lowest BCUT2D eigenvalue weighted by atomic mass is 10.1. The Morgan fingerprint density at radius 2 is 1.67 bits per heavy atom. The highest BCUT2D eigenvalue weighted by Gasteiger charge is 2.11. The van der Waals surface area contributed by atoms with E-state index in [1.807, 2.05) is 0 Å². The molecule has 0 fully saturated rings. The van der Waals surface area contributed by atoms with Crippen LogP contribution in [0.25, 0.3) is 0 Å². The average Bonchev–Trinajstić information content (AvgIpc) is 2.52. The molecule has 1 unspecified atom stereocenters. The zero-order chi connectivity index (χ0) is 15.1. The van der Waals surface area contributed by atoms with Gasteiger partial charge in [0.2, 0.25) is 0 Å². The Hall–Kier alpha value is -1.29. The minimum atomic E-state index is 0.349. The summed E-state index contributed by atoms with van der Waals surface area (Å²) in [5, 5.41) is 3.67. The molecule has 0 saturated carbocycles. The van der Waals surface area contributed by atoms with Crippen molar-refractivity contribution in [2.24, 2.45) is 0 Å². The molecule has 0 heterocycles. The van der Waals surface area contributed by atoms with Crippen LogP contribution in [0, 0.1) is 0 Å². The van der Waals surface area contributed by atoms with E-state index >= 15 is 0 Å². The standard InChI is InChI=1S/C18H24N2S/c1-20(2)14-18(16-7-5-4-6-8-16)19-13-15-9-11-17(21-3)12-10-15/h4-12,18-19H,13-14H2,1-3H3. The van der Waals surface area contributed by atoms with E-state index in [1.165, 1.54) is 16.0 Å². The maximum atomic E-state index is 3.67. The molecule has 0 aliphatic heterocycles. The first-order valence-corrected chi connectivity index (χ1v) is 8.47. The van der Waals surface area contributed by atoms with Crippen molar-refractivity contribution in [3.8, 4) is 0 Å². The SMILES string of the molecule is CSc1ccc(CNC(CN(C)C)c2ccccc2)cc1. The molecule has 1 atom stereocenters. The van der Waals surface area contributed by atoms with Crippen LogP contribution >= 0.6 is 11.8 Å². The van der Waals surface area contributed by atoms with Crippen LogP contribution in [0.2, 0.25) is 0 Å². The fourth-order valence-corrected chi connectivity index (χ4v) is 2.73. The molecule has 2 aromatic rings. The van der Waals surface area contributed by atoms with Crippen LogP contribution in [0.1, 0.15) is 17.2 Å². The second kappa shape index (κ2) is 8.23. The largest absolute Gasteiger partial charge is 0.308 e. The van der Waals surface area contributed by atoms with Crippen LogP contribution < -0.4 is 5.32 Å². The van der Waals surface area contributed by atoms with Crippen LogP contribution in [0.5, 0.6) is 0 Å². The minimum Gasteiger partial charge on any atom is -0.308 e. The molecule has 0 spiro atoms. The summed E-state index contributed by atoms with van der Waals surface area (Å²) in [5.41, 5.74) is 2.67. The van der Waals surface area contributed by atoms with E-state index in [2.05, 4.69) is 85.2 Å². The van der Waals surface area contributed by atoms with Crippen LogP contribution in [-0.2, 0) is 6.54 Å². The van der Waals surface area contributed by atoms with E-state index in [4.69, 9.17) is 0 Å². The second-order valence-electron chi connectivity index (χ2n) is 5.45. The van der Waals surface area contributed by atoms with Crippen molar-refractivity contribution in [1.29, 1.82) is 0 Å². The molecular weight excluding hydrogens is 276 g/mol. The lowest BCUT2D eigenvalue weighted by Gasteiger charge is -2.23. The summed E-state index contributed by atoms with van der Waals surface area (Å²) in [6.45, 7) is 1.88. The Bertz CT molecular complexity index is 523. The second-order valence-corrected chi connectivity index (χ2v) is 6.33. The zero-order valence-electron chi connectivity index (χ0n) is 13.0. The molecule has 21 heavy (non-hydrogen) atoms. The van der Waals surface area contributed by atoms with Gasteiger partial charge in [-0.3, -0.25) is 0 Å². The van der Waals surface area contributed by atoms with Gasteiger partial charge in [0.15, 0.2) is 0 Å². The average molecular weight is 300 g/mol. The highest BCUT2D eigenvalue weighted by atomic mass is 32.2. The van der Waals surface area contributed by atoms with E-state index in [-0.39, 0.29) is 0 Å². The van der Waals surface area contributed by atoms with Gasteiger partial charge in [-0.05, 0) is 43.6 Å². The Balaban J connectivity index is 2.01. The van der Waals surface area contributed by atoms with Crippen LogP contribution in [-0.4, -0.2) is 31.8 Å². The van der Waals surface area contributed by atoms with Gasteiger partial charge in [0.1, 0.15) is 0 Å². The highest BCUT2D eigenvalue weighted by Crippen LogP contribution is 2.17. The topological polar surface area (TPSA) is 15.3 Å². The maximum Gasteiger partial charge on any atom is 0.0451 e. The minimum absolute atomic E-state index is 0.349. The molecule has 0 saturated heterocycles. The first-order chi connectivity index (χ1) is 10.2. The fourth-order valence-electron chi connectivity index (χ4n) is 2.32. The molecule has 0 bridgehead atoms. The number of nitrogens with zero attached hydrogens (tertiary/aromatic N) is 1. The van der Waals surface area contributed by atoms with Crippen molar-refractivity contribution < 1.29 is 0 Å². The van der Waals surface area contributed by atoms with Gasteiger partial charge in [-0.15, -0.1) is 11.8 Å². The Kier molecular flexibility index (Phi) is 6.30. The van der Waals surface area contributed by atoms with Gasteiger partial charge in [-0.25, -0.2) is 0 Å². The molecule has 2 nitrogen and oxygen atoms in total. The number of benzene rings is 2. The molecule has 3 heteroatoms. The summed E-state index contributed by atoms with van der Waals surface area (Å²) in [7, 11) is 4.23. The Labute approximate surface area is 132 Å². The maximum absolute atomic E-state index is 3.67. The molecule has 0 aliphatic carbocycles.